The summed E-state index contributed by atoms with van der Waals surface area (Å²) in [6.45, 7) is 2.10. The van der Waals surface area contributed by atoms with Crippen molar-refractivity contribution in [2.45, 2.75) is 13.3 Å². The van der Waals surface area contributed by atoms with Gasteiger partial charge in [0.05, 0.1) is 18.2 Å². The molecule has 3 aromatic rings. The number of amides is 1. The molecule has 0 aliphatic carbocycles. The number of fused-ring (bicyclic) bond motifs is 1. The van der Waals surface area contributed by atoms with E-state index in [1.807, 2.05) is 48.5 Å². The van der Waals surface area contributed by atoms with Gasteiger partial charge in [-0.05, 0) is 46.1 Å². The third-order valence-electron chi connectivity index (χ3n) is 3.86. The van der Waals surface area contributed by atoms with E-state index in [0.29, 0.717) is 15.9 Å². The van der Waals surface area contributed by atoms with Gasteiger partial charge < -0.3 is 10.1 Å². The topological polar surface area (TPSA) is 51.2 Å². The summed E-state index contributed by atoms with van der Waals surface area (Å²) < 4.78 is 5.92. The zero-order valence-electron chi connectivity index (χ0n) is 13.5. The average molecular weight is 385 g/mol. The first-order chi connectivity index (χ1) is 11.6. The van der Waals surface area contributed by atoms with Crippen LogP contribution in [0.1, 0.15) is 22.8 Å². The number of nitrogens with one attached hydrogen (secondary N) is 1. The maximum absolute atomic E-state index is 12.9. The van der Waals surface area contributed by atoms with Gasteiger partial charge in [-0.3, -0.25) is 4.79 Å². The Labute approximate surface area is 149 Å². The summed E-state index contributed by atoms with van der Waals surface area (Å²) in [7, 11) is 1.53. The maximum Gasteiger partial charge on any atom is 0.260 e. The molecule has 1 N–H and O–H groups in total. The van der Waals surface area contributed by atoms with Gasteiger partial charge in [0.2, 0.25) is 0 Å². The van der Waals surface area contributed by atoms with E-state index in [1.54, 1.807) is 0 Å². The molecule has 0 aliphatic heterocycles. The number of methoxy groups -OCH3 is 1. The first-order valence-electron chi connectivity index (χ1n) is 7.66. The number of halogens is 1. The lowest BCUT2D eigenvalue weighted by atomic mass is 10.1. The molecular formula is C19H17BrN2O2. The molecule has 1 aromatic heterocycles. The summed E-state index contributed by atoms with van der Waals surface area (Å²) >= 11 is 3.38. The van der Waals surface area contributed by atoms with Gasteiger partial charge in [-0.2, -0.15) is 0 Å². The summed E-state index contributed by atoms with van der Waals surface area (Å²) in [5.74, 6) is 0.201. The number of para-hydroxylation sites is 1. The highest BCUT2D eigenvalue weighted by atomic mass is 79.9. The zero-order valence-corrected chi connectivity index (χ0v) is 15.1. The van der Waals surface area contributed by atoms with Gasteiger partial charge in [-0.25, -0.2) is 4.98 Å². The molecule has 0 unspecified atom stereocenters. The highest BCUT2D eigenvalue weighted by Gasteiger charge is 2.20. The van der Waals surface area contributed by atoms with Crippen molar-refractivity contribution in [3.63, 3.8) is 0 Å². The van der Waals surface area contributed by atoms with E-state index in [0.717, 1.165) is 23.0 Å². The van der Waals surface area contributed by atoms with Crippen molar-refractivity contribution in [2.24, 2.45) is 0 Å². The molecule has 0 atom stereocenters. The van der Waals surface area contributed by atoms with Crippen molar-refractivity contribution in [1.82, 2.24) is 4.98 Å². The van der Waals surface area contributed by atoms with E-state index in [9.17, 15) is 4.79 Å². The van der Waals surface area contributed by atoms with Gasteiger partial charge >= 0.3 is 0 Å². The summed E-state index contributed by atoms with van der Waals surface area (Å²) in [4.78, 5) is 17.3. The number of aromatic nitrogens is 1. The summed E-state index contributed by atoms with van der Waals surface area (Å²) in [6.07, 6.45) is 0.962. The van der Waals surface area contributed by atoms with Crippen molar-refractivity contribution in [1.29, 1.82) is 0 Å². The number of aryl methyl sites for hydroxylation is 1. The predicted octanol–water partition coefficient (Wildman–Crippen LogP) is 4.82. The molecular weight excluding hydrogens is 368 g/mol. The van der Waals surface area contributed by atoms with Crippen molar-refractivity contribution in [3.8, 4) is 5.75 Å². The number of carbonyl (C=O) groups excluding carboxylic acids is 1. The molecule has 1 heterocycles. The van der Waals surface area contributed by atoms with E-state index >= 15 is 0 Å². The van der Waals surface area contributed by atoms with Crippen LogP contribution in [0.5, 0.6) is 5.75 Å². The molecule has 0 saturated carbocycles. The van der Waals surface area contributed by atoms with Crippen LogP contribution >= 0.6 is 15.9 Å². The molecule has 5 heteroatoms. The van der Waals surface area contributed by atoms with Gasteiger partial charge in [0.25, 0.3) is 5.91 Å². The average Bonchev–Trinajstić information content (AvgIpc) is 2.61. The van der Waals surface area contributed by atoms with E-state index in [2.05, 4.69) is 33.2 Å². The molecule has 24 heavy (non-hydrogen) atoms. The molecule has 0 aliphatic rings. The van der Waals surface area contributed by atoms with Crippen LogP contribution in [0, 0.1) is 0 Å². The fourth-order valence-corrected chi connectivity index (χ4v) is 3.14. The van der Waals surface area contributed by atoms with Crippen molar-refractivity contribution >= 4 is 38.4 Å². The molecule has 4 nitrogen and oxygen atoms in total. The van der Waals surface area contributed by atoms with E-state index in [-0.39, 0.29) is 5.91 Å². The predicted molar refractivity (Wildman–Crippen MR) is 99.8 cm³/mol. The Bertz CT molecular complexity index is 892. The van der Waals surface area contributed by atoms with Crippen molar-refractivity contribution < 1.29 is 9.53 Å². The minimum absolute atomic E-state index is 0.226. The summed E-state index contributed by atoms with van der Waals surface area (Å²) in [5, 5.41) is 3.69. The smallest absolute Gasteiger partial charge is 0.260 e. The van der Waals surface area contributed by atoms with Crippen LogP contribution in [0.4, 0.5) is 5.69 Å². The van der Waals surface area contributed by atoms with Crippen LogP contribution < -0.4 is 10.1 Å². The first kappa shape index (κ1) is 16.5. The van der Waals surface area contributed by atoms with Crippen LogP contribution in [0.3, 0.4) is 0 Å². The zero-order chi connectivity index (χ0) is 17.1. The van der Waals surface area contributed by atoms with Gasteiger partial charge in [-0.15, -0.1) is 0 Å². The molecule has 122 valence electrons. The molecule has 2 aromatic carbocycles. The Morgan fingerprint density at radius 2 is 1.88 bits per heavy atom. The largest absolute Gasteiger partial charge is 0.493 e. The second-order valence-electron chi connectivity index (χ2n) is 5.33. The van der Waals surface area contributed by atoms with Crippen LogP contribution in [0.15, 0.2) is 53.1 Å². The monoisotopic (exact) mass is 384 g/mol. The molecule has 1 amide bonds. The van der Waals surface area contributed by atoms with E-state index in [1.165, 1.54) is 12.7 Å². The minimum Gasteiger partial charge on any atom is -0.493 e. The van der Waals surface area contributed by atoms with Crippen LogP contribution in [-0.2, 0) is 6.42 Å². The van der Waals surface area contributed by atoms with Crippen molar-refractivity contribution in [3.05, 3.63) is 64.3 Å². The van der Waals surface area contributed by atoms with Gasteiger partial charge in [-0.1, -0.05) is 37.3 Å². The van der Waals surface area contributed by atoms with Crippen LogP contribution in [-0.4, -0.2) is 18.0 Å². The Morgan fingerprint density at radius 1 is 1.17 bits per heavy atom. The highest BCUT2D eigenvalue weighted by Crippen LogP contribution is 2.33. The Balaban J connectivity index is 2.04. The minimum atomic E-state index is -0.226. The third kappa shape index (κ3) is 3.12. The van der Waals surface area contributed by atoms with E-state index in [4.69, 9.17) is 4.74 Å². The number of rotatable bonds is 4. The van der Waals surface area contributed by atoms with Gasteiger partial charge in [0.15, 0.2) is 5.75 Å². The second-order valence-corrected chi connectivity index (χ2v) is 6.08. The number of ether oxygens (including phenoxy) is 1. The second kappa shape index (κ2) is 7.01. The Morgan fingerprint density at radius 3 is 2.54 bits per heavy atom. The molecule has 0 saturated heterocycles. The number of carbonyl (C=O) groups is 1. The number of anilines is 1. The number of pyridine rings is 1. The van der Waals surface area contributed by atoms with E-state index < -0.39 is 0 Å². The fourth-order valence-electron chi connectivity index (χ4n) is 2.59. The lowest BCUT2D eigenvalue weighted by Crippen LogP contribution is -2.14. The standard InChI is InChI=1S/C19H17BrN2O2/c1-3-12-8-10-13(11-9-12)21-19(23)16-14-6-4-5-7-15(14)22-18(20)17(16)24-2/h4-11H,3H2,1-2H3,(H,21,23). The maximum atomic E-state index is 12.9. The lowest BCUT2D eigenvalue weighted by Gasteiger charge is -2.13. The van der Waals surface area contributed by atoms with Gasteiger partial charge in [0.1, 0.15) is 4.60 Å². The number of hydrogen-bond acceptors (Lipinski definition) is 3. The third-order valence-corrected chi connectivity index (χ3v) is 4.40. The summed E-state index contributed by atoms with van der Waals surface area (Å²) in [5.41, 5.74) is 3.17. The summed E-state index contributed by atoms with van der Waals surface area (Å²) in [6, 6.07) is 15.3. The van der Waals surface area contributed by atoms with Crippen molar-refractivity contribution in [2.75, 3.05) is 12.4 Å². The quantitative estimate of drug-likeness (QED) is 0.655. The van der Waals surface area contributed by atoms with Crippen LogP contribution in [0.25, 0.3) is 10.9 Å². The number of benzene rings is 2. The highest BCUT2D eigenvalue weighted by molar-refractivity contribution is 9.10. The molecule has 0 fully saturated rings. The molecule has 0 spiro atoms. The Hall–Kier alpha value is -2.40. The fraction of sp³-hybridized carbons (Fsp3) is 0.158. The van der Waals surface area contributed by atoms with Gasteiger partial charge in [0, 0.05) is 11.1 Å². The first-order valence-corrected chi connectivity index (χ1v) is 8.46. The lowest BCUT2D eigenvalue weighted by molar-refractivity contribution is 0.102. The van der Waals surface area contributed by atoms with Crippen LogP contribution in [0.2, 0.25) is 0 Å². The number of hydrogen-bond donors (Lipinski definition) is 1. The number of nitrogens with zero attached hydrogens (tertiary/aromatic N) is 1. The normalized spacial score (nSPS) is 10.6. The molecule has 0 radical (unpaired) electrons. The molecule has 0 bridgehead atoms. The molecule has 3 rings (SSSR count). The SMILES string of the molecule is CCc1ccc(NC(=O)c2c(OC)c(Br)nc3ccccc23)cc1. The Kier molecular flexibility index (Phi) is 4.81.